The Bertz CT molecular complexity index is 979. The first-order valence-electron chi connectivity index (χ1n) is 11.3. The number of carbonyl (C=O) groups excluding carboxylic acids is 1. The summed E-state index contributed by atoms with van der Waals surface area (Å²) in [6, 6.07) is 3.67. The predicted molar refractivity (Wildman–Crippen MR) is 120 cm³/mol. The zero-order chi connectivity index (χ0) is 23.6. The summed E-state index contributed by atoms with van der Waals surface area (Å²) in [5.74, 6) is 1.60. The molecule has 1 amide bonds. The Hall–Kier alpha value is -2.94. The molecule has 0 N–H and O–H groups in total. The van der Waals surface area contributed by atoms with E-state index in [-0.39, 0.29) is 29.4 Å². The van der Waals surface area contributed by atoms with E-state index >= 15 is 0 Å². The first-order valence-corrected chi connectivity index (χ1v) is 11.3. The SMILES string of the molecule is Cc1ncccc1Oc1ncnc(OC2C3COCC2CN(C(=O)OCC(C)(C)C)C3)c1C. The van der Waals surface area contributed by atoms with Crippen molar-refractivity contribution in [3.05, 3.63) is 35.9 Å². The van der Waals surface area contributed by atoms with Gasteiger partial charge in [0.2, 0.25) is 11.8 Å². The molecule has 2 aliphatic heterocycles. The van der Waals surface area contributed by atoms with E-state index in [2.05, 4.69) is 15.0 Å². The van der Waals surface area contributed by atoms with Crippen LogP contribution in [-0.2, 0) is 9.47 Å². The Morgan fingerprint density at radius 1 is 1.12 bits per heavy atom. The maximum Gasteiger partial charge on any atom is 0.409 e. The van der Waals surface area contributed by atoms with Crippen LogP contribution in [0.3, 0.4) is 0 Å². The normalized spacial score (nSPS) is 22.6. The molecular formula is C24H32N4O5. The van der Waals surface area contributed by atoms with Crippen LogP contribution in [0.4, 0.5) is 4.79 Å². The summed E-state index contributed by atoms with van der Waals surface area (Å²) in [7, 11) is 0. The number of aryl methyl sites for hydroxylation is 1. The van der Waals surface area contributed by atoms with Crippen molar-refractivity contribution in [3.63, 3.8) is 0 Å². The molecule has 2 fully saturated rings. The number of aromatic nitrogens is 3. The van der Waals surface area contributed by atoms with Gasteiger partial charge in [0.1, 0.15) is 12.4 Å². The van der Waals surface area contributed by atoms with Crippen molar-refractivity contribution in [1.82, 2.24) is 19.9 Å². The zero-order valence-corrected chi connectivity index (χ0v) is 19.9. The van der Waals surface area contributed by atoms with Gasteiger partial charge in [-0.25, -0.2) is 14.8 Å². The van der Waals surface area contributed by atoms with Crippen LogP contribution in [0.5, 0.6) is 17.5 Å². The molecule has 4 heterocycles. The van der Waals surface area contributed by atoms with E-state index in [1.165, 1.54) is 6.33 Å². The molecule has 9 heteroatoms. The van der Waals surface area contributed by atoms with Crippen LogP contribution in [-0.4, -0.2) is 65.0 Å². The molecule has 2 saturated heterocycles. The van der Waals surface area contributed by atoms with E-state index in [4.69, 9.17) is 18.9 Å². The Morgan fingerprint density at radius 3 is 2.48 bits per heavy atom. The second-order valence-corrected chi connectivity index (χ2v) is 9.96. The molecular weight excluding hydrogens is 424 g/mol. The van der Waals surface area contributed by atoms with E-state index in [1.807, 2.05) is 46.8 Å². The van der Waals surface area contributed by atoms with Crippen LogP contribution in [0.2, 0.25) is 0 Å². The molecule has 2 aromatic heterocycles. The van der Waals surface area contributed by atoms with E-state index in [1.54, 1.807) is 11.1 Å². The third kappa shape index (κ3) is 5.52. The molecule has 2 aromatic rings. The highest BCUT2D eigenvalue weighted by Crippen LogP contribution is 2.34. The number of piperidine rings is 1. The maximum absolute atomic E-state index is 12.6. The van der Waals surface area contributed by atoms with Crippen molar-refractivity contribution in [2.24, 2.45) is 17.3 Å². The summed E-state index contributed by atoms with van der Waals surface area (Å²) < 4.78 is 23.7. The first kappa shape index (κ1) is 23.2. The van der Waals surface area contributed by atoms with Crippen molar-refractivity contribution in [3.8, 4) is 17.5 Å². The van der Waals surface area contributed by atoms with Gasteiger partial charge in [-0.3, -0.25) is 4.98 Å². The quantitative estimate of drug-likeness (QED) is 0.671. The highest BCUT2D eigenvalue weighted by atomic mass is 16.6. The van der Waals surface area contributed by atoms with Crippen molar-refractivity contribution in [2.45, 2.75) is 40.7 Å². The molecule has 33 heavy (non-hydrogen) atoms. The van der Waals surface area contributed by atoms with Crippen LogP contribution in [0.25, 0.3) is 0 Å². The molecule has 0 saturated carbocycles. The van der Waals surface area contributed by atoms with Crippen LogP contribution in [0.15, 0.2) is 24.7 Å². The Kier molecular flexibility index (Phi) is 6.69. The van der Waals surface area contributed by atoms with Crippen molar-refractivity contribution in [1.29, 1.82) is 0 Å². The van der Waals surface area contributed by atoms with E-state index in [9.17, 15) is 4.79 Å². The second-order valence-electron chi connectivity index (χ2n) is 9.96. The second kappa shape index (κ2) is 9.51. The minimum atomic E-state index is -0.277. The van der Waals surface area contributed by atoms with Crippen molar-refractivity contribution < 1.29 is 23.7 Å². The fourth-order valence-electron chi connectivity index (χ4n) is 4.06. The smallest absolute Gasteiger partial charge is 0.409 e. The topological polar surface area (TPSA) is 95.9 Å². The number of hydrogen-bond acceptors (Lipinski definition) is 8. The van der Waals surface area contributed by atoms with Gasteiger partial charge in [-0.1, -0.05) is 20.8 Å². The van der Waals surface area contributed by atoms with E-state index < -0.39 is 0 Å². The summed E-state index contributed by atoms with van der Waals surface area (Å²) in [6.07, 6.45) is 2.76. The number of pyridine rings is 1. The van der Waals surface area contributed by atoms with Gasteiger partial charge < -0.3 is 23.8 Å². The number of carbonyl (C=O) groups is 1. The molecule has 2 unspecified atom stereocenters. The van der Waals surface area contributed by atoms with Crippen LogP contribution in [0.1, 0.15) is 32.0 Å². The minimum absolute atomic E-state index is 0.0268. The Labute approximate surface area is 194 Å². The fraction of sp³-hybridized carbons (Fsp3) is 0.583. The molecule has 9 nitrogen and oxygen atoms in total. The number of fused-ring (bicyclic) bond motifs is 2. The van der Waals surface area contributed by atoms with Gasteiger partial charge in [0.15, 0.2) is 5.75 Å². The zero-order valence-electron chi connectivity index (χ0n) is 19.9. The highest BCUT2D eigenvalue weighted by molar-refractivity contribution is 5.68. The largest absolute Gasteiger partial charge is 0.473 e. The monoisotopic (exact) mass is 456 g/mol. The average Bonchev–Trinajstić information content (AvgIpc) is 2.75. The Balaban J connectivity index is 1.45. The van der Waals surface area contributed by atoms with Crippen LogP contribution < -0.4 is 9.47 Å². The number of ether oxygens (including phenoxy) is 4. The number of hydrogen-bond donors (Lipinski definition) is 0. The fourth-order valence-corrected chi connectivity index (χ4v) is 4.06. The van der Waals surface area contributed by atoms with Gasteiger partial charge >= 0.3 is 6.09 Å². The van der Waals surface area contributed by atoms with Gasteiger partial charge in [0.25, 0.3) is 0 Å². The standard InChI is InChI=1S/C24H32N4O5/c1-15-21(32-19-7-6-8-25-16(19)2)26-14-27-22(15)33-20-17-9-28(10-18(20)12-30-11-17)23(29)31-13-24(3,4)5/h6-8,14,17-18,20H,9-13H2,1-5H3. The predicted octanol–water partition coefficient (Wildman–Crippen LogP) is 3.79. The third-order valence-corrected chi connectivity index (χ3v) is 5.79. The lowest BCUT2D eigenvalue weighted by molar-refractivity contribution is -0.111. The molecule has 2 bridgehead atoms. The van der Waals surface area contributed by atoms with Crippen molar-refractivity contribution >= 4 is 6.09 Å². The number of rotatable bonds is 5. The molecule has 178 valence electrons. The number of nitrogens with zero attached hydrogens (tertiary/aromatic N) is 4. The molecule has 0 aromatic carbocycles. The van der Waals surface area contributed by atoms with Gasteiger partial charge in [-0.05, 0) is 31.4 Å². The lowest BCUT2D eigenvalue weighted by Gasteiger charge is -2.46. The average molecular weight is 457 g/mol. The number of likely N-dealkylation sites (tertiary alicyclic amines) is 1. The minimum Gasteiger partial charge on any atom is -0.473 e. The van der Waals surface area contributed by atoms with Crippen LogP contribution in [0, 0.1) is 31.1 Å². The van der Waals surface area contributed by atoms with Crippen molar-refractivity contribution in [2.75, 3.05) is 32.9 Å². The van der Waals surface area contributed by atoms with Gasteiger partial charge in [-0.15, -0.1) is 0 Å². The van der Waals surface area contributed by atoms with E-state index in [0.29, 0.717) is 56.0 Å². The van der Waals surface area contributed by atoms with Crippen LogP contribution >= 0.6 is 0 Å². The molecule has 0 spiro atoms. The molecule has 4 rings (SSSR count). The van der Waals surface area contributed by atoms with Gasteiger partial charge in [-0.2, -0.15) is 0 Å². The molecule has 2 atom stereocenters. The summed E-state index contributed by atoms with van der Waals surface area (Å²) in [4.78, 5) is 27.3. The van der Waals surface area contributed by atoms with Gasteiger partial charge in [0, 0.05) is 31.1 Å². The molecule has 0 aliphatic carbocycles. The summed E-state index contributed by atoms with van der Waals surface area (Å²) in [5.41, 5.74) is 1.41. The van der Waals surface area contributed by atoms with E-state index in [0.717, 1.165) is 5.69 Å². The molecule has 0 radical (unpaired) electrons. The molecule has 2 aliphatic rings. The third-order valence-electron chi connectivity index (χ3n) is 5.79. The Morgan fingerprint density at radius 2 is 1.82 bits per heavy atom. The lowest BCUT2D eigenvalue weighted by atomic mass is 9.84. The lowest BCUT2D eigenvalue weighted by Crippen LogP contribution is -2.58. The van der Waals surface area contributed by atoms with Gasteiger partial charge in [0.05, 0.1) is 31.1 Å². The first-order chi connectivity index (χ1) is 15.7. The summed E-state index contributed by atoms with van der Waals surface area (Å²) in [6.45, 7) is 12.3. The summed E-state index contributed by atoms with van der Waals surface area (Å²) >= 11 is 0. The highest BCUT2D eigenvalue weighted by Gasteiger charge is 2.44. The number of amides is 1. The summed E-state index contributed by atoms with van der Waals surface area (Å²) in [5, 5.41) is 0. The maximum atomic E-state index is 12.6.